The average molecular weight is 364 g/mol. The van der Waals surface area contributed by atoms with Crippen LogP contribution in [0.25, 0.3) is 0 Å². The van der Waals surface area contributed by atoms with Gasteiger partial charge in [-0.15, -0.1) is 0 Å². The molecule has 0 saturated carbocycles. The summed E-state index contributed by atoms with van der Waals surface area (Å²) in [6.07, 6.45) is 0.00638. The van der Waals surface area contributed by atoms with Crippen molar-refractivity contribution < 1.29 is 14.7 Å². The maximum Gasteiger partial charge on any atom is 0.305 e. The fraction of sp³-hybridized carbons (Fsp3) is 0.318. The summed E-state index contributed by atoms with van der Waals surface area (Å²) in [5.41, 5.74) is 3.02. The van der Waals surface area contributed by atoms with E-state index in [1.165, 1.54) is 0 Å². The number of rotatable bonds is 6. The number of amides is 1. The zero-order valence-corrected chi connectivity index (χ0v) is 15.8. The highest BCUT2D eigenvalue weighted by atomic mass is 16.4. The number of nitriles is 1. The monoisotopic (exact) mass is 364 g/mol. The van der Waals surface area contributed by atoms with Crippen LogP contribution < -0.4 is 5.32 Å². The molecule has 0 aliphatic carbocycles. The normalized spacial score (nSPS) is 12.1. The van der Waals surface area contributed by atoms with Crippen LogP contribution in [-0.4, -0.2) is 17.0 Å². The number of carboxylic acids is 1. The molecule has 0 bridgehead atoms. The van der Waals surface area contributed by atoms with E-state index in [2.05, 4.69) is 32.2 Å². The highest BCUT2D eigenvalue weighted by Crippen LogP contribution is 2.25. The Bertz CT molecular complexity index is 858. The van der Waals surface area contributed by atoms with Gasteiger partial charge in [0.1, 0.15) is 0 Å². The van der Waals surface area contributed by atoms with Crippen molar-refractivity contribution in [3.05, 3.63) is 70.8 Å². The van der Waals surface area contributed by atoms with E-state index in [0.29, 0.717) is 5.56 Å². The molecule has 0 aliphatic rings. The predicted molar refractivity (Wildman–Crippen MR) is 103 cm³/mol. The van der Waals surface area contributed by atoms with Crippen molar-refractivity contribution in [2.75, 3.05) is 0 Å². The minimum Gasteiger partial charge on any atom is -0.481 e. The molecule has 5 heteroatoms. The molecule has 1 atom stereocenters. The Balaban J connectivity index is 2.24. The zero-order valence-electron chi connectivity index (χ0n) is 15.8. The second-order valence-electron chi connectivity index (χ2n) is 7.53. The van der Waals surface area contributed by atoms with Crippen LogP contribution in [0.3, 0.4) is 0 Å². The molecular formula is C22H24N2O3. The SMILES string of the molecule is CC(C)(C)c1ccc(C(CC(=O)O)NC(=O)c2cccc(CC#N)c2)cc1. The lowest BCUT2D eigenvalue weighted by Gasteiger charge is -2.22. The summed E-state index contributed by atoms with van der Waals surface area (Å²) in [6.45, 7) is 6.31. The van der Waals surface area contributed by atoms with Crippen molar-refractivity contribution in [3.8, 4) is 6.07 Å². The molecule has 27 heavy (non-hydrogen) atoms. The fourth-order valence-corrected chi connectivity index (χ4v) is 2.80. The topological polar surface area (TPSA) is 90.2 Å². The standard InChI is InChI=1S/C22H24N2O3/c1-22(2,3)18-9-7-16(8-10-18)19(14-20(25)26)24-21(27)17-6-4-5-15(13-17)11-12-23/h4-10,13,19H,11,14H2,1-3H3,(H,24,27)(H,25,26). The van der Waals surface area contributed by atoms with E-state index in [9.17, 15) is 14.7 Å². The molecule has 2 N–H and O–H groups in total. The lowest BCUT2D eigenvalue weighted by molar-refractivity contribution is -0.137. The van der Waals surface area contributed by atoms with Gasteiger partial charge in [-0.05, 0) is 34.2 Å². The van der Waals surface area contributed by atoms with Crippen molar-refractivity contribution in [2.24, 2.45) is 0 Å². The molecule has 2 rings (SSSR count). The van der Waals surface area contributed by atoms with Gasteiger partial charge >= 0.3 is 5.97 Å². The fourth-order valence-electron chi connectivity index (χ4n) is 2.80. The molecule has 2 aromatic rings. The molecule has 140 valence electrons. The quantitative estimate of drug-likeness (QED) is 0.811. The van der Waals surface area contributed by atoms with Crippen LogP contribution in [0.5, 0.6) is 0 Å². The van der Waals surface area contributed by atoms with Gasteiger partial charge in [0.2, 0.25) is 0 Å². The van der Waals surface area contributed by atoms with Gasteiger partial charge in [-0.3, -0.25) is 9.59 Å². The molecule has 0 saturated heterocycles. The number of nitrogens with zero attached hydrogens (tertiary/aromatic N) is 1. The van der Waals surface area contributed by atoms with E-state index in [0.717, 1.165) is 16.7 Å². The summed E-state index contributed by atoms with van der Waals surface area (Å²) in [5, 5.41) is 20.9. The molecule has 2 aromatic carbocycles. The third-order valence-corrected chi connectivity index (χ3v) is 4.34. The van der Waals surface area contributed by atoms with E-state index < -0.39 is 12.0 Å². The number of carbonyl (C=O) groups is 2. The number of hydrogen-bond donors (Lipinski definition) is 2. The smallest absolute Gasteiger partial charge is 0.305 e. The minimum absolute atomic E-state index is 0.00868. The second-order valence-corrected chi connectivity index (χ2v) is 7.53. The average Bonchev–Trinajstić information content (AvgIpc) is 2.60. The van der Waals surface area contributed by atoms with Crippen molar-refractivity contribution in [1.29, 1.82) is 5.26 Å². The summed E-state index contributed by atoms with van der Waals surface area (Å²) >= 11 is 0. The number of aliphatic carboxylic acids is 1. The third kappa shape index (κ3) is 5.68. The van der Waals surface area contributed by atoms with Gasteiger partial charge in [0.25, 0.3) is 5.91 Å². The number of nitrogens with one attached hydrogen (secondary N) is 1. The van der Waals surface area contributed by atoms with Crippen molar-refractivity contribution in [2.45, 2.75) is 45.1 Å². The Kier molecular flexibility index (Phi) is 6.36. The Morgan fingerprint density at radius 3 is 2.37 bits per heavy atom. The molecule has 1 unspecified atom stereocenters. The minimum atomic E-state index is -0.988. The number of carboxylic acid groups (broad SMARTS) is 1. The summed E-state index contributed by atoms with van der Waals surface area (Å²) < 4.78 is 0. The zero-order chi connectivity index (χ0) is 20.0. The number of hydrogen-bond acceptors (Lipinski definition) is 3. The maximum absolute atomic E-state index is 12.6. The van der Waals surface area contributed by atoms with Gasteiger partial charge in [-0.2, -0.15) is 5.26 Å². The van der Waals surface area contributed by atoms with Crippen LogP contribution >= 0.6 is 0 Å². The molecule has 0 fully saturated rings. The highest BCUT2D eigenvalue weighted by molar-refractivity contribution is 5.94. The lowest BCUT2D eigenvalue weighted by Crippen LogP contribution is -2.30. The van der Waals surface area contributed by atoms with Gasteiger partial charge in [0.15, 0.2) is 0 Å². The van der Waals surface area contributed by atoms with Gasteiger partial charge in [-0.25, -0.2) is 0 Å². The summed E-state index contributed by atoms with van der Waals surface area (Å²) in [7, 11) is 0. The van der Waals surface area contributed by atoms with E-state index in [1.54, 1.807) is 24.3 Å². The van der Waals surface area contributed by atoms with Crippen LogP contribution in [0, 0.1) is 11.3 Å². The van der Waals surface area contributed by atoms with Crippen molar-refractivity contribution in [1.82, 2.24) is 5.32 Å². The van der Waals surface area contributed by atoms with Gasteiger partial charge in [0, 0.05) is 5.56 Å². The molecule has 1 amide bonds. The van der Waals surface area contributed by atoms with Crippen LogP contribution in [-0.2, 0) is 16.6 Å². The molecule has 0 heterocycles. The second kappa shape index (κ2) is 8.50. The van der Waals surface area contributed by atoms with E-state index in [-0.39, 0.29) is 24.2 Å². The molecule has 0 aliphatic heterocycles. The maximum atomic E-state index is 12.6. The Labute approximate surface area is 159 Å². The van der Waals surface area contributed by atoms with Crippen LogP contribution in [0.15, 0.2) is 48.5 Å². The molecule has 0 aromatic heterocycles. The van der Waals surface area contributed by atoms with E-state index >= 15 is 0 Å². The Hall–Kier alpha value is -3.13. The van der Waals surface area contributed by atoms with Crippen LogP contribution in [0.4, 0.5) is 0 Å². The highest BCUT2D eigenvalue weighted by Gasteiger charge is 2.20. The molecular weight excluding hydrogens is 340 g/mol. The third-order valence-electron chi connectivity index (χ3n) is 4.34. The largest absolute Gasteiger partial charge is 0.481 e. The number of carbonyl (C=O) groups excluding carboxylic acids is 1. The van der Waals surface area contributed by atoms with Gasteiger partial charge in [-0.1, -0.05) is 57.2 Å². The summed E-state index contributed by atoms with van der Waals surface area (Å²) in [5.74, 6) is -1.35. The first-order chi connectivity index (χ1) is 12.7. The van der Waals surface area contributed by atoms with Gasteiger partial charge < -0.3 is 10.4 Å². The van der Waals surface area contributed by atoms with E-state index in [1.807, 2.05) is 24.3 Å². The van der Waals surface area contributed by atoms with Crippen LogP contribution in [0.1, 0.15) is 60.3 Å². The first-order valence-corrected chi connectivity index (χ1v) is 8.79. The molecule has 5 nitrogen and oxygen atoms in total. The van der Waals surface area contributed by atoms with Crippen LogP contribution in [0.2, 0.25) is 0 Å². The Morgan fingerprint density at radius 1 is 1.15 bits per heavy atom. The Morgan fingerprint density at radius 2 is 1.81 bits per heavy atom. The van der Waals surface area contributed by atoms with Gasteiger partial charge in [0.05, 0.1) is 25.0 Å². The molecule has 0 spiro atoms. The first-order valence-electron chi connectivity index (χ1n) is 8.79. The lowest BCUT2D eigenvalue weighted by atomic mass is 9.86. The van der Waals surface area contributed by atoms with Crippen molar-refractivity contribution in [3.63, 3.8) is 0 Å². The number of benzene rings is 2. The van der Waals surface area contributed by atoms with E-state index in [4.69, 9.17) is 5.26 Å². The summed E-state index contributed by atoms with van der Waals surface area (Å²) in [4.78, 5) is 23.9. The predicted octanol–water partition coefficient (Wildman–Crippen LogP) is 4.00. The molecule has 0 radical (unpaired) electrons. The summed E-state index contributed by atoms with van der Waals surface area (Å²) in [6, 6.07) is 15.9. The van der Waals surface area contributed by atoms with Crippen molar-refractivity contribution >= 4 is 11.9 Å². The first kappa shape index (κ1) is 20.2.